The van der Waals surface area contributed by atoms with E-state index in [1.807, 2.05) is 31.2 Å². The molecule has 1 saturated heterocycles. The Morgan fingerprint density at radius 1 is 1.00 bits per heavy atom. The van der Waals surface area contributed by atoms with Gasteiger partial charge in [-0.3, -0.25) is 0 Å². The van der Waals surface area contributed by atoms with E-state index in [4.69, 9.17) is 9.47 Å². The third-order valence-electron chi connectivity index (χ3n) is 4.17. The minimum absolute atomic E-state index is 0.742. The summed E-state index contributed by atoms with van der Waals surface area (Å²) in [5, 5.41) is 3.34. The molecule has 24 heavy (non-hydrogen) atoms. The van der Waals surface area contributed by atoms with Crippen molar-refractivity contribution in [3.05, 3.63) is 30.1 Å². The normalized spacial score (nSPS) is 14.4. The van der Waals surface area contributed by atoms with Crippen molar-refractivity contribution >= 4 is 17.3 Å². The molecule has 0 radical (unpaired) electrons. The molecule has 128 valence electrons. The van der Waals surface area contributed by atoms with E-state index < -0.39 is 0 Å². The Morgan fingerprint density at radius 3 is 2.50 bits per heavy atom. The van der Waals surface area contributed by atoms with Gasteiger partial charge in [-0.2, -0.15) is 0 Å². The smallest absolute Gasteiger partial charge is 0.142 e. The number of rotatable bonds is 5. The number of benzene rings is 1. The summed E-state index contributed by atoms with van der Waals surface area (Å²) in [6.07, 6.45) is 3.73. The maximum absolute atomic E-state index is 5.42. The number of anilines is 3. The molecule has 0 amide bonds. The van der Waals surface area contributed by atoms with Crippen molar-refractivity contribution in [2.45, 2.75) is 26.2 Å². The molecule has 0 aliphatic carbocycles. The molecular formula is C18H24N4O2. The number of nitrogens with zero attached hydrogens (tertiary/aromatic N) is 3. The van der Waals surface area contributed by atoms with Gasteiger partial charge in [0.05, 0.1) is 19.9 Å². The molecule has 1 fully saturated rings. The average Bonchev–Trinajstić information content (AvgIpc) is 2.62. The van der Waals surface area contributed by atoms with Gasteiger partial charge in [0.1, 0.15) is 29.0 Å². The Bertz CT molecular complexity index is 699. The van der Waals surface area contributed by atoms with Crippen LogP contribution in [0.15, 0.2) is 24.3 Å². The molecule has 6 nitrogen and oxygen atoms in total. The Balaban J connectivity index is 1.88. The van der Waals surface area contributed by atoms with Crippen LogP contribution in [0.5, 0.6) is 11.5 Å². The number of piperidine rings is 1. The highest BCUT2D eigenvalue weighted by atomic mass is 16.5. The lowest BCUT2D eigenvalue weighted by Gasteiger charge is -2.28. The van der Waals surface area contributed by atoms with Gasteiger partial charge in [0, 0.05) is 25.2 Å². The number of hydrogen-bond acceptors (Lipinski definition) is 6. The standard InChI is InChI=1S/C18H24N4O2/c1-13-19-17(12-18(20-13)22-9-5-4-6-10-22)21-15-11-14(23-2)7-8-16(15)24-3/h7-8,11-12H,4-6,9-10H2,1-3H3,(H,19,20,21). The molecule has 1 aliphatic rings. The number of aromatic nitrogens is 2. The fourth-order valence-corrected chi connectivity index (χ4v) is 2.95. The molecule has 0 spiro atoms. The van der Waals surface area contributed by atoms with E-state index >= 15 is 0 Å². The summed E-state index contributed by atoms with van der Waals surface area (Å²) < 4.78 is 10.7. The van der Waals surface area contributed by atoms with E-state index in [-0.39, 0.29) is 0 Å². The predicted molar refractivity (Wildman–Crippen MR) is 95.7 cm³/mol. The Morgan fingerprint density at radius 2 is 1.79 bits per heavy atom. The van der Waals surface area contributed by atoms with E-state index in [0.717, 1.165) is 47.7 Å². The van der Waals surface area contributed by atoms with E-state index in [0.29, 0.717) is 0 Å². The van der Waals surface area contributed by atoms with Crippen LogP contribution in [0.1, 0.15) is 25.1 Å². The van der Waals surface area contributed by atoms with Crippen molar-refractivity contribution in [1.82, 2.24) is 9.97 Å². The van der Waals surface area contributed by atoms with Gasteiger partial charge in [0.2, 0.25) is 0 Å². The largest absolute Gasteiger partial charge is 0.497 e. The van der Waals surface area contributed by atoms with Crippen LogP contribution < -0.4 is 19.7 Å². The fraction of sp³-hybridized carbons (Fsp3) is 0.444. The Kier molecular flexibility index (Phi) is 5.03. The lowest BCUT2D eigenvalue weighted by Crippen LogP contribution is -2.30. The SMILES string of the molecule is COc1ccc(OC)c(Nc2cc(N3CCCCC3)nc(C)n2)c1. The van der Waals surface area contributed by atoms with Crippen LogP contribution in [-0.2, 0) is 0 Å². The molecule has 1 aromatic heterocycles. The number of methoxy groups -OCH3 is 2. The molecule has 0 atom stereocenters. The van der Waals surface area contributed by atoms with Gasteiger partial charge >= 0.3 is 0 Å². The second kappa shape index (κ2) is 7.38. The summed E-state index contributed by atoms with van der Waals surface area (Å²) >= 11 is 0. The average molecular weight is 328 g/mol. The summed E-state index contributed by atoms with van der Waals surface area (Å²) in [5.41, 5.74) is 0.819. The van der Waals surface area contributed by atoms with Gasteiger partial charge in [-0.15, -0.1) is 0 Å². The highest BCUT2D eigenvalue weighted by Gasteiger charge is 2.14. The fourth-order valence-electron chi connectivity index (χ4n) is 2.95. The van der Waals surface area contributed by atoms with E-state index in [1.165, 1.54) is 19.3 Å². The van der Waals surface area contributed by atoms with Gasteiger partial charge in [0.15, 0.2) is 0 Å². The molecule has 3 rings (SSSR count). The summed E-state index contributed by atoms with van der Waals surface area (Å²) in [6.45, 7) is 4.03. The van der Waals surface area contributed by atoms with Crippen LogP contribution in [-0.4, -0.2) is 37.3 Å². The molecule has 0 saturated carbocycles. The molecule has 0 bridgehead atoms. The lowest BCUT2D eigenvalue weighted by atomic mass is 10.1. The summed E-state index contributed by atoms with van der Waals surface area (Å²) in [4.78, 5) is 11.4. The minimum Gasteiger partial charge on any atom is -0.497 e. The van der Waals surface area contributed by atoms with Gasteiger partial charge < -0.3 is 19.7 Å². The lowest BCUT2D eigenvalue weighted by molar-refractivity contribution is 0.405. The highest BCUT2D eigenvalue weighted by Crippen LogP contribution is 2.32. The molecule has 0 unspecified atom stereocenters. The van der Waals surface area contributed by atoms with Crippen LogP contribution in [0.3, 0.4) is 0 Å². The van der Waals surface area contributed by atoms with Gasteiger partial charge in [0.25, 0.3) is 0 Å². The van der Waals surface area contributed by atoms with Crippen molar-refractivity contribution in [2.24, 2.45) is 0 Å². The number of aryl methyl sites for hydroxylation is 1. The quantitative estimate of drug-likeness (QED) is 0.906. The second-order valence-electron chi connectivity index (χ2n) is 5.90. The highest BCUT2D eigenvalue weighted by molar-refractivity contribution is 5.67. The molecule has 1 N–H and O–H groups in total. The maximum Gasteiger partial charge on any atom is 0.142 e. The third kappa shape index (κ3) is 3.69. The van der Waals surface area contributed by atoms with Crippen LogP contribution in [0.4, 0.5) is 17.3 Å². The van der Waals surface area contributed by atoms with Crippen molar-refractivity contribution in [3.8, 4) is 11.5 Å². The third-order valence-corrected chi connectivity index (χ3v) is 4.17. The van der Waals surface area contributed by atoms with Crippen LogP contribution >= 0.6 is 0 Å². The Labute approximate surface area is 142 Å². The van der Waals surface area contributed by atoms with Crippen molar-refractivity contribution in [1.29, 1.82) is 0 Å². The first kappa shape index (κ1) is 16.4. The van der Waals surface area contributed by atoms with Crippen molar-refractivity contribution < 1.29 is 9.47 Å². The van der Waals surface area contributed by atoms with E-state index in [2.05, 4.69) is 20.2 Å². The van der Waals surface area contributed by atoms with Crippen LogP contribution in [0.2, 0.25) is 0 Å². The molecule has 2 heterocycles. The zero-order valence-corrected chi connectivity index (χ0v) is 14.5. The molecular weight excluding hydrogens is 304 g/mol. The van der Waals surface area contributed by atoms with Crippen LogP contribution in [0.25, 0.3) is 0 Å². The van der Waals surface area contributed by atoms with Crippen molar-refractivity contribution in [3.63, 3.8) is 0 Å². The van der Waals surface area contributed by atoms with Crippen molar-refractivity contribution in [2.75, 3.05) is 37.5 Å². The first-order valence-corrected chi connectivity index (χ1v) is 8.29. The second-order valence-corrected chi connectivity index (χ2v) is 5.90. The molecule has 6 heteroatoms. The maximum atomic E-state index is 5.42. The number of ether oxygens (including phenoxy) is 2. The van der Waals surface area contributed by atoms with E-state index in [1.54, 1.807) is 14.2 Å². The summed E-state index contributed by atoms with van der Waals surface area (Å²) in [6, 6.07) is 7.64. The predicted octanol–water partition coefficient (Wildman–Crippen LogP) is 3.54. The zero-order chi connectivity index (χ0) is 16.9. The molecule has 2 aromatic rings. The molecule has 1 aliphatic heterocycles. The minimum atomic E-state index is 0.742. The molecule has 1 aromatic carbocycles. The van der Waals surface area contributed by atoms with Gasteiger partial charge in [-0.1, -0.05) is 0 Å². The first-order chi connectivity index (χ1) is 11.7. The topological polar surface area (TPSA) is 59.5 Å². The summed E-state index contributed by atoms with van der Waals surface area (Å²) in [5.74, 6) is 4.00. The number of hydrogen-bond donors (Lipinski definition) is 1. The van der Waals surface area contributed by atoms with Gasteiger partial charge in [-0.25, -0.2) is 9.97 Å². The monoisotopic (exact) mass is 328 g/mol. The van der Waals surface area contributed by atoms with Gasteiger partial charge in [-0.05, 0) is 38.3 Å². The first-order valence-electron chi connectivity index (χ1n) is 8.29. The Hall–Kier alpha value is -2.50. The zero-order valence-electron chi connectivity index (χ0n) is 14.5. The van der Waals surface area contributed by atoms with Crippen LogP contribution in [0, 0.1) is 6.92 Å². The van der Waals surface area contributed by atoms with E-state index in [9.17, 15) is 0 Å². The summed E-state index contributed by atoms with van der Waals surface area (Å²) in [7, 11) is 3.30. The number of nitrogens with one attached hydrogen (secondary N) is 1.